The van der Waals surface area contributed by atoms with E-state index in [4.69, 9.17) is 0 Å². The summed E-state index contributed by atoms with van der Waals surface area (Å²) in [7, 11) is -2.06. The molecule has 5 nitrogen and oxygen atoms in total. The smallest absolute Gasteiger partial charge is 0.243 e. The van der Waals surface area contributed by atoms with Gasteiger partial charge in [0.05, 0.1) is 6.20 Å². The fourth-order valence-electron chi connectivity index (χ4n) is 1.47. The van der Waals surface area contributed by atoms with Crippen LogP contribution in [-0.2, 0) is 23.6 Å². The Hall–Kier alpha value is -1.25. The van der Waals surface area contributed by atoms with E-state index in [0.29, 0.717) is 4.47 Å². The van der Waals surface area contributed by atoms with Gasteiger partial charge in [-0.2, -0.15) is 5.10 Å². The van der Waals surface area contributed by atoms with E-state index in [1.807, 2.05) is 0 Å². The van der Waals surface area contributed by atoms with E-state index in [2.05, 4.69) is 25.8 Å². The molecule has 0 aliphatic carbocycles. The van der Waals surface area contributed by atoms with Crippen molar-refractivity contribution in [2.45, 2.75) is 11.4 Å². The summed E-state index contributed by atoms with van der Waals surface area (Å²) in [5.41, 5.74) is 0.266. The standard InChI is InChI=1S/C11H11BrFN3O2S/c1-16-7-10(6-14-16)19(17,18)15-5-8-4-9(12)2-3-11(8)13/h2-4,6-7,15H,5H2,1H3. The maximum Gasteiger partial charge on any atom is 0.243 e. The van der Waals surface area contributed by atoms with Crippen molar-refractivity contribution >= 4 is 26.0 Å². The highest BCUT2D eigenvalue weighted by Crippen LogP contribution is 2.16. The Labute approximate surface area is 118 Å². The van der Waals surface area contributed by atoms with Crippen LogP contribution in [0.5, 0.6) is 0 Å². The summed E-state index contributed by atoms with van der Waals surface area (Å²) in [5.74, 6) is -0.461. The molecular weight excluding hydrogens is 337 g/mol. The number of hydrogen-bond acceptors (Lipinski definition) is 3. The lowest BCUT2D eigenvalue weighted by Crippen LogP contribution is -2.23. The van der Waals surface area contributed by atoms with Crippen LogP contribution in [0.1, 0.15) is 5.56 Å². The van der Waals surface area contributed by atoms with Gasteiger partial charge in [0.2, 0.25) is 10.0 Å². The zero-order valence-electron chi connectivity index (χ0n) is 9.97. The highest BCUT2D eigenvalue weighted by atomic mass is 79.9. The van der Waals surface area contributed by atoms with Gasteiger partial charge in [-0.05, 0) is 18.2 Å². The third-order valence-electron chi connectivity index (χ3n) is 2.45. The zero-order valence-corrected chi connectivity index (χ0v) is 12.4. The first-order valence-electron chi connectivity index (χ1n) is 5.31. The van der Waals surface area contributed by atoms with E-state index in [1.165, 1.54) is 29.2 Å². The Morgan fingerprint density at radius 3 is 2.84 bits per heavy atom. The molecule has 1 aromatic heterocycles. The zero-order chi connectivity index (χ0) is 14.0. The fraction of sp³-hybridized carbons (Fsp3) is 0.182. The minimum Gasteiger partial charge on any atom is -0.274 e. The van der Waals surface area contributed by atoms with Crippen molar-refractivity contribution in [2.24, 2.45) is 7.05 Å². The molecule has 0 unspecified atom stereocenters. The summed E-state index contributed by atoms with van der Waals surface area (Å²) < 4.78 is 41.7. The molecule has 0 saturated carbocycles. The number of sulfonamides is 1. The molecule has 0 amide bonds. The number of hydrogen-bond donors (Lipinski definition) is 1. The molecular formula is C11H11BrFN3O2S. The van der Waals surface area contributed by atoms with Crippen LogP contribution in [0, 0.1) is 5.82 Å². The van der Waals surface area contributed by atoms with Crippen LogP contribution in [-0.4, -0.2) is 18.2 Å². The van der Waals surface area contributed by atoms with Gasteiger partial charge < -0.3 is 0 Å². The number of nitrogens with one attached hydrogen (secondary N) is 1. The molecule has 1 aromatic carbocycles. The van der Waals surface area contributed by atoms with Gasteiger partial charge in [-0.25, -0.2) is 17.5 Å². The van der Waals surface area contributed by atoms with Gasteiger partial charge in [0.1, 0.15) is 10.7 Å². The van der Waals surface area contributed by atoms with Crippen molar-refractivity contribution < 1.29 is 12.8 Å². The van der Waals surface area contributed by atoms with E-state index in [0.717, 1.165) is 0 Å². The molecule has 19 heavy (non-hydrogen) atoms. The van der Waals surface area contributed by atoms with Gasteiger partial charge >= 0.3 is 0 Å². The second-order valence-corrected chi connectivity index (χ2v) is 6.59. The maximum absolute atomic E-state index is 13.5. The Kier molecular flexibility index (Phi) is 4.02. The van der Waals surface area contributed by atoms with Crippen LogP contribution >= 0.6 is 15.9 Å². The summed E-state index contributed by atoms with van der Waals surface area (Å²) in [5, 5.41) is 3.79. The first-order chi connectivity index (χ1) is 8.88. The lowest BCUT2D eigenvalue weighted by molar-refractivity contribution is 0.574. The SMILES string of the molecule is Cn1cc(S(=O)(=O)NCc2cc(Br)ccc2F)cn1. The number of aryl methyl sites for hydroxylation is 1. The minimum absolute atomic E-state index is 0.0467. The Morgan fingerprint density at radius 1 is 1.47 bits per heavy atom. The first-order valence-corrected chi connectivity index (χ1v) is 7.58. The van der Waals surface area contributed by atoms with Crippen LogP contribution in [0.2, 0.25) is 0 Å². The highest BCUT2D eigenvalue weighted by Gasteiger charge is 2.16. The predicted molar refractivity (Wildman–Crippen MR) is 71.3 cm³/mol. The predicted octanol–water partition coefficient (Wildman–Crippen LogP) is 1.80. The summed E-state index contributed by atoms with van der Waals surface area (Å²) >= 11 is 3.21. The minimum atomic E-state index is -3.68. The molecule has 0 aliphatic heterocycles. The van der Waals surface area contributed by atoms with Crippen molar-refractivity contribution in [3.05, 3.63) is 46.4 Å². The van der Waals surface area contributed by atoms with Crippen molar-refractivity contribution in [3.63, 3.8) is 0 Å². The molecule has 0 fully saturated rings. The van der Waals surface area contributed by atoms with Crippen molar-refractivity contribution in [1.29, 1.82) is 0 Å². The molecule has 0 radical (unpaired) electrons. The molecule has 0 aliphatic rings. The average molecular weight is 348 g/mol. The lowest BCUT2D eigenvalue weighted by Gasteiger charge is -2.06. The molecule has 0 bridgehead atoms. The molecule has 0 spiro atoms. The van der Waals surface area contributed by atoms with Gasteiger partial charge in [0, 0.05) is 29.8 Å². The topological polar surface area (TPSA) is 64.0 Å². The fourth-order valence-corrected chi connectivity index (χ4v) is 2.87. The second-order valence-electron chi connectivity index (χ2n) is 3.91. The van der Waals surface area contributed by atoms with Crippen molar-refractivity contribution in [2.75, 3.05) is 0 Å². The van der Waals surface area contributed by atoms with Crippen LogP contribution in [0.25, 0.3) is 0 Å². The molecule has 1 N–H and O–H groups in total. The summed E-state index contributed by atoms with van der Waals surface area (Å²) in [6.07, 6.45) is 2.61. The number of benzene rings is 1. The quantitative estimate of drug-likeness (QED) is 0.917. The lowest BCUT2D eigenvalue weighted by atomic mass is 10.2. The van der Waals surface area contributed by atoms with Crippen LogP contribution in [0.3, 0.4) is 0 Å². The number of aromatic nitrogens is 2. The van der Waals surface area contributed by atoms with Crippen molar-refractivity contribution in [3.8, 4) is 0 Å². The van der Waals surface area contributed by atoms with Crippen LogP contribution in [0.4, 0.5) is 4.39 Å². The largest absolute Gasteiger partial charge is 0.274 e. The number of rotatable bonds is 4. The maximum atomic E-state index is 13.5. The molecule has 0 atom stereocenters. The Morgan fingerprint density at radius 2 is 2.21 bits per heavy atom. The van der Waals surface area contributed by atoms with Crippen LogP contribution in [0.15, 0.2) is 40.0 Å². The van der Waals surface area contributed by atoms with Gasteiger partial charge in [-0.1, -0.05) is 15.9 Å². The Balaban J connectivity index is 2.16. The first kappa shape index (κ1) is 14.2. The second kappa shape index (κ2) is 5.40. The molecule has 102 valence electrons. The highest BCUT2D eigenvalue weighted by molar-refractivity contribution is 9.10. The normalized spacial score (nSPS) is 11.7. The molecule has 2 aromatic rings. The summed E-state index contributed by atoms with van der Waals surface area (Å²) in [6, 6.07) is 4.35. The van der Waals surface area contributed by atoms with E-state index in [-0.39, 0.29) is 17.0 Å². The van der Waals surface area contributed by atoms with Gasteiger partial charge in [-0.15, -0.1) is 0 Å². The van der Waals surface area contributed by atoms with E-state index in [1.54, 1.807) is 13.1 Å². The van der Waals surface area contributed by atoms with E-state index in [9.17, 15) is 12.8 Å². The number of halogens is 2. The van der Waals surface area contributed by atoms with Gasteiger partial charge in [0.15, 0.2) is 0 Å². The third-order valence-corrected chi connectivity index (χ3v) is 4.30. The third kappa shape index (κ3) is 3.40. The van der Waals surface area contributed by atoms with E-state index >= 15 is 0 Å². The monoisotopic (exact) mass is 347 g/mol. The van der Waals surface area contributed by atoms with Gasteiger partial charge in [-0.3, -0.25) is 4.68 Å². The summed E-state index contributed by atoms with van der Waals surface area (Å²) in [6.45, 7) is -0.123. The number of nitrogens with zero attached hydrogens (tertiary/aromatic N) is 2. The van der Waals surface area contributed by atoms with Crippen LogP contribution < -0.4 is 4.72 Å². The molecule has 1 heterocycles. The van der Waals surface area contributed by atoms with Gasteiger partial charge in [0.25, 0.3) is 0 Å². The molecule has 2 rings (SSSR count). The average Bonchev–Trinajstić information content (AvgIpc) is 2.78. The van der Waals surface area contributed by atoms with E-state index < -0.39 is 15.8 Å². The molecule has 0 saturated heterocycles. The summed E-state index contributed by atoms with van der Waals surface area (Å²) in [4.78, 5) is 0.0467. The van der Waals surface area contributed by atoms with Crippen molar-refractivity contribution in [1.82, 2.24) is 14.5 Å². The Bertz CT molecular complexity index is 700. The molecule has 8 heteroatoms.